The van der Waals surface area contributed by atoms with E-state index in [1.807, 2.05) is 18.2 Å². The van der Waals surface area contributed by atoms with Gasteiger partial charge in [0.05, 0.1) is 12.6 Å². The summed E-state index contributed by atoms with van der Waals surface area (Å²) in [7, 11) is 0. The highest BCUT2D eigenvalue weighted by atomic mass is 19.2. The van der Waals surface area contributed by atoms with E-state index < -0.39 is 11.6 Å². The third kappa shape index (κ3) is 5.58. The molecule has 1 N–H and O–H groups in total. The van der Waals surface area contributed by atoms with Gasteiger partial charge in [0.1, 0.15) is 0 Å². The Bertz CT molecular complexity index is 761. The number of hydrogen-bond acceptors (Lipinski definition) is 3. The van der Waals surface area contributed by atoms with Crippen LogP contribution in [0.4, 0.5) is 8.78 Å². The van der Waals surface area contributed by atoms with Gasteiger partial charge in [0.2, 0.25) is 5.91 Å². The number of piperazine rings is 1. The maximum absolute atomic E-state index is 13.3. The molecule has 1 aliphatic heterocycles. The number of carbonyl (C=O) groups is 1. The van der Waals surface area contributed by atoms with Crippen LogP contribution < -0.4 is 5.32 Å². The minimum atomic E-state index is -0.900. The van der Waals surface area contributed by atoms with Gasteiger partial charge in [-0.25, -0.2) is 8.78 Å². The predicted molar refractivity (Wildman–Crippen MR) is 101 cm³/mol. The molecule has 0 aliphatic carbocycles. The van der Waals surface area contributed by atoms with Gasteiger partial charge in [-0.15, -0.1) is 0 Å². The summed E-state index contributed by atoms with van der Waals surface area (Å²) in [5.41, 5.74) is 1.85. The normalized spacial score (nSPS) is 16.9. The minimum Gasteiger partial charge on any atom is -0.348 e. The predicted octanol–water partition coefficient (Wildman–Crippen LogP) is 2.96. The van der Waals surface area contributed by atoms with E-state index in [4.69, 9.17) is 0 Å². The lowest BCUT2D eigenvalue weighted by molar-refractivity contribution is -0.123. The zero-order valence-electron chi connectivity index (χ0n) is 15.5. The molecule has 0 aromatic heterocycles. The molecule has 0 radical (unpaired) electrons. The van der Waals surface area contributed by atoms with Crippen molar-refractivity contribution in [3.63, 3.8) is 0 Å². The van der Waals surface area contributed by atoms with Crippen LogP contribution in [0.25, 0.3) is 0 Å². The smallest absolute Gasteiger partial charge is 0.234 e. The van der Waals surface area contributed by atoms with Crippen LogP contribution >= 0.6 is 0 Å². The molecule has 1 unspecified atom stereocenters. The van der Waals surface area contributed by atoms with E-state index in [1.165, 1.54) is 11.6 Å². The molecule has 1 aliphatic rings. The number of hydrogen-bond donors (Lipinski definition) is 1. The van der Waals surface area contributed by atoms with Crippen LogP contribution in [-0.2, 0) is 11.3 Å². The second kappa shape index (κ2) is 9.06. The van der Waals surface area contributed by atoms with Crippen molar-refractivity contribution in [2.75, 3.05) is 32.7 Å². The van der Waals surface area contributed by atoms with E-state index in [0.717, 1.165) is 44.9 Å². The van der Waals surface area contributed by atoms with Gasteiger partial charge in [0.15, 0.2) is 11.6 Å². The van der Waals surface area contributed by atoms with Crippen LogP contribution in [0.3, 0.4) is 0 Å². The lowest BCUT2D eigenvalue weighted by Gasteiger charge is -2.34. The van der Waals surface area contributed by atoms with Crippen molar-refractivity contribution in [2.24, 2.45) is 0 Å². The maximum Gasteiger partial charge on any atom is 0.234 e. The Hall–Kier alpha value is -2.31. The van der Waals surface area contributed by atoms with Crippen molar-refractivity contribution >= 4 is 5.91 Å². The molecule has 0 saturated carbocycles. The fourth-order valence-electron chi connectivity index (χ4n) is 3.30. The van der Waals surface area contributed by atoms with Gasteiger partial charge in [-0.2, -0.15) is 0 Å². The average Bonchev–Trinajstić information content (AvgIpc) is 2.66. The molecule has 1 atom stereocenters. The van der Waals surface area contributed by atoms with Gasteiger partial charge in [0.25, 0.3) is 0 Å². The second-order valence-corrected chi connectivity index (χ2v) is 7.00. The quantitative estimate of drug-likeness (QED) is 0.846. The second-order valence-electron chi connectivity index (χ2n) is 7.00. The zero-order chi connectivity index (χ0) is 19.2. The number of nitrogens with zero attached hydrogens (tertiary/aromatic N) is 2. The van der Waals surface area contributed by atoms with Crippen LogP contribution in [0.5, 0.6) is 0 Å². The summed E-state index contributed by atoms with van der Waals surface area (Å²) in [5.74, 6) is -1.89. The van der Waals surface area contributed by atoms with Gasteiger partial charge in [0, 0.05) is 32.7 Å². The van der Waals surface area contributed by atoms with Gasteiger partial charge in [-0.3, -0.25) is 14.6 Å². The Morgan fingerprint density at radius 2 is 1.67 bits per heavy atom. The first kappa shape index (κ1) is 19.5. The first-order valence-corrected chi connectivity index (χ1v) is 9.24. The lowest BCUT2D eigenvalue weighted by Crippen LogP contribution is -2.49. The first-order chi connectivity index (χ1) is 13.0. The van der Waals surface area contributed by atoms with Crippen LogP contribution in [0.15, 0.2) is 48.5 Å². The number of nitrogens with one attached hydrogen (secondary N) is 1. The maximum atomic E-state index is 13.3. The highest BCUT2D eigenvalue weighted by molar-refractivity contribution is 5.78. The van der Waals surface area contributed by atoms with E-state index in [9.17, 15) is 13.6 Å². The van der Waals surface area contributed by atoms with Crippen molar-refractivity contribution in [3.8, 4) is 0 Å². The molecule has 4 nitrogen and oxygen atoms in total. The van der Waals surface area contributed by atoms with Crippen LogP contribution in [0, 0.1) is 11.6 Å². The molecule has 1 amide bonds. The Morgan fingerprint density at radius 3 is 2.33 bits per heavy atom. The van der Waals surface area contributed by atoms with E-state index >= 15 is 0 Å². The molecular weight excluding hydrogens is 348 g/mol. The third-order valence-electron chi connectivity index (χ3n) is 4.90. The van der Waals surface area contributed by atoms with E-state index in [0.29, 0.717) is 12.1 Å². The van der Waals surface area contributed by atoms with Crippen molar-refractivity contribution in [1.82, 2.24) is 15.1 Å². The van der Waals surface area contributed by atoms with E-state index in [1.54, 1.807) is 6.92 Å². The minimum absolute atomic E-state index is 0.108. The highest BCUT2D eigenvalue weighted by Crippen LogP contribution is 2.16. The third-order valence-corrected chi connectivity index (χ3v) is 4.90. The standard InChI is InChI=1S/C21H25F2N3O/c1-16(18-7-8-19(22)20(23)13-18)24-21(27)15-26-11-9-25(10-12-26)14-17-5-3-2-4-6-17/h2-8,13,16H,9-12,14-15H2,1H3,(H,24,27). The van der Waals surface area contributed by atoms with Gasteiger partial charge >= 0.3 is 0 Å². The monoisotopic (exact) mass is 373 g/mol. The fraction of sp³-hybridized carbons (Fsp3) is 0.381. The molecule has 2 aromatic rings. The van der Waals surface area contributed by atoms with Crippen molar-refractivity contribution in [1.29, 1.82) is 0 Å². The number of rotatable bonds is 6. The molecule has 0 bridgehead atoms. The summed E-state index contributed by atoms with van der Waals surface area (Å²) in [6.07, 6.45) is 0. The number of benzene rings is 2. The van der Waals surface area contributed by atoms with Gasteiger partial charge in [-0.1, -0.05) is 36.4 Å². The fourth-order valence-corrected chi connectivity index (χ4v) is 3.30. The Kier molecular flexibility index (Phi) is 6.53. The Morgan fingerprint density at radius 1 is 1.00 bits per heavy atom. The Labute approximate surface area is 158 Å². The topological polar surface area (TPSA) is 35.6 Å². The van der Waals surface area contributed by atoms with Gasteiger partial charge < -0.3 is 5.32 Å². The average molecular weight is 373 g/mol. The van der Waals surface area contributed by atoms with Crippen LogP contribution in [0.2, 0.25) is 0 Å². The largest absolute Gasteiger partial charge is 0.348 e. The van der Waals surface area contributed by atoms with Crippen LogP contribution in [0.1, 0.15) is 24.1 Å². The molecule has 1 heterocycles. The SMILES string of the molecule is CC(NC(=O)CN1CCN(Cc2ccccc2)CC1)c1ccc(F)c(F)c1. The highest BCUT2D eigenvalue weighted by Gasteiger charge is 2.20. The first-order valence-electron chi connectivity index (χ1n) is 9.24. The zero-order valence-corrected chi connectivity index (χ0v) is 15.5. The molecule has 27 heavy (non-hydrogen) atoms. The summed E-state index contributed by atoms with van der Waals surface area (Å²) in [4.78, 5) is 16.8. The lowest BCUT2D eigenvalue weighted by atomic mass is 10.1. The van der Waals surface area contributed by atoms with Crippen LogP contribution in [-0.4, -0.2) is 48.4 Å². The van der Waals surface area contributed by atoms with E-state index in [2.05, 4.69) is 27.2 Å². The Balaban J connectivity index is 1.43. The summed E-state index contributed by atoms with van der Waals surface area (Å²) in [5, 5.41) is 2.86. The van der Waals surface area contributed by atoms with E-state index in [-0.39, 0.29) is 11.9 Å². The van der Waals surface area contributed by atoms with Crippen molar-refractivity contribution in [2.45, 2.75) is 19.5 Å². The number of halogens is 2. The summed E-state index contributed by atoms with van der Waals surface area (Å²) in [6.45, 7) is 6.50. The molecule has 3 rings (SSSR count). The molecule has 1 fully saturated rings. The summed E-state index contributed by atoms with van der Waals surface area (Å²) < 4.78 is 26.4. The molecule has 0 spiro atoms. The molecule has 144 valence electrons. The van der Waals surface area contributed by atoms with Crippen molar-refractivity contribution in [3.05, 3.63) is 71.3 Å². The van der Waals surface area contributed by atoms with Crippen molar-refractivity contribution < 1.29 is 13.6 Å². The molecule has 6 heteroatoms. The molecular formula is C21H25F2N3O. The molecule has 2 aromatic carbocycles. The number of carbonyl (C=O) groups excluding carboxylic acids is 1. The number of amides is 1. The summed E-state index contributed by atoms with van der Waals surface area (Å²) in [6, 6.07) is 13.7. The molecule has 1 saturated heterocycles. The summed E-state index contributed by atoms with van der Waals surface area (Å²) >= 11 is 0. The van der Waals surface area contributed by atoms with Gasteiger partial charge in [-0.05, 0) is 30.2 Å².